The molecule has 4 nitrogen and oxygen atoms in total. The predicted molar refractivity (Wildman–Crippen MR) is 73.6 cm³/mol. The van der Waals surface area contributed by atoms with Gasteiger partial charge in [0.1, 0.15) is 5.60 Å². The lowest BCUT2D eigenvalue weighted by Crippen LogP contribution is -2.35. The second-order valence-corrected chi connectivity index (χ2v) is 5.31. The molecule has 0 fully saturated rings. The van der Waals surface area contributed by atoms with E-state index in [1.807, 2.05) is 37.6 Å². The second-order valence-electron chi connectivity index (χ2n) is 5.31. The molecule has 1 aliphatic rings. The lowest BCUT2D eigenvalue weighted by molar-refractivity contribution is 0.0384. The summed E-state index contributed by atoms with van der Waals surface area (Å²) in [6.07, 6.45) is 5.59. The first-order valence-corrected chi connectivity index (χ1v) is 6.66. The number of aromatic nitrogens is 2. The van der Waals surface area contributed by atoms with E-state index in [4.69, 9.17) is 0 Å². The summed E-state index contributed by atoms with van der Waals surface area (Å²) in [5, 5.41) is 18.2. The van der Waals surface area contributed by atoms with Crippen molar-refractivity contribution in [1.82, 2.24) is 15.1 Å². The molecule has 2 aromatic rings. The van der Waals surface area contributed by atoms with Gasteiger partial charge in [-0.25, -0.2) is 0 Å². The molecule has 19 heavy (non-hydrogen) atoms. The molecule has 2 N–H and O–H groups in total. The van der Waals surface area contributed by atoms with Gasteiger partial charge < -0.3 is 10.4 Å². The van der Waals surface area contributed by atoms with Gasteiger partial charge in [-0.05, 0) is 24.0 Å². The van der Waals surface area contributed by atoms with Gasteiger partial charge in [0, 0.05) is 31.9 Å². The molecule has 0 radical (unpaired) electrons. The van der Waals surface area contributed by atoms with Crippen LogP contribution in [0.1, 0.15) is 23.1 Å². The predicted octanol–water partition coefficient (Wildman–Crippen LogP) is 1.34. The van der Waals surface area contributed by atoms with Crippen molar-refractivity contribution in [3.8, 4) is 0 Å². The van der Waals surface area contributed by atoms with Crippen molar-refractivity contribution >= 4 is 0 Å². The molecule has 0 spiro atoms. The van der Waals surface area contributed by atoms with Crippen LogP contribution in [-0.2, 0) is 25.6 Å². The van der Waals surface area contributed by atoms with Crippen molar-refractivity contribution in [2.24, 2.45) is 7.05 Å². The van der Waals surface area contributed by atoms with Crippen molar-refractivity contribution in [1.29, 1.82) is 0 Å². The van der Waals surface area contributed by atoms with Crippen LogP contribution in [0.3, 0.4) is 0 Å². The van der Waals surface area contributed by atoms with Crippen LogP contribution in [0.5, 0.6) is 0 Å². The molecule has 0 saturated carbocycles. The third-order valence-electron chi connectivity index (χ3n) is 3.83. The molecule has 1 aromatic carbocycles. The monoisotopic (exact) mass is 257 g/mol. The van der Waals surface area contributed by atoms with Crippen LogP contribution in [0.25, 0.3) is 0 Å². The van der Waals surface area contributed by atoms with Crippen molar-refractivity contribution in [2.75, 3.05) is 6.54 Å². The van der Waals surface area contributed by atoms with E-state index in [9.17, 15) is 5.11 Å². The largest absolute Gasteiger partial charge is 0.384 e. The van der Waals surface area contributed by atoms with Crippen LogP contribution < -0.4 is 5.32 Å². The lowest BCUT2D eigenvalue weighted by atomic mass is 9.96. The van der Waals surface area contributed by atoms with Crippen LogP contribution in [0.4, 0.5) is 0 Å². The average Bonchev–Trinajstić information content (AvgIpc) is 2.96. The van der Waals surface area contributed by atoms with Gasteiger partial charge in [0.05, 0.1) is 6.20 Å². The van der Waals surface area contributed by atoms with Gasteiger partial charge >= 0.3 is 0 Å². The van der Waals surface area contributed by atoms with E-state index >= 15 is 0 Å². The summed E-state index contributed by atoms with van der Waals surface area (Å²) in [6.45, 7) is 1.32. The number of nitrogens with zero attached hydrogens (tertiary/aromatic N) is 2. The smallest absolute Gasteiger partial charge is 0.103 e. The van der Waals surface area contributed by atoms with Crippen molar-refractivity contribution in [3.63, 3.8) is 0 Å². The van der Waals surface area contributed by atoms with Crippen LogP contribution in [0.15, 0.2) is 36.7 Å². The number of hydrogen-bond donors (Lipinski definition) is 2. The van der Waals surface area contributed by atoms with Gasteiger partial charge in [-0.3, -0.25) is 4.68 Å². The van der Waals surface area contributed by atoms with E-state index < -0.39 is 5.60 Å². The van der Waals surface area contributed by atoms with Gasteiger partial charge in [-0.1, -0.05) is 24.3 Å². The summed E-state index contributed by atoms with van der Waals surface area (Å²) in [5.41, 5.74) is 2.76. The molecular formula is C15H19N3O. The maximum Gasteiger partial charge on any atom is 0.103 e. The SMILES string of the molecule is Cn1cc(CNCC2(O)CCc3ccccc32)cn1. The molecule has 1 unspecified atom stereocenters. The minimum absolute atomic E-state index is 0.582. The minimum Gasteiger partial charge on any atom is -0.384 e. The van der Waals surface area contributed by atoms with Crippen molar-refractivity contribution in [3.05, 3.63) is 53.3 Å². The number of rotatable bonds is 4. The molecule has 3 rings (SSSR count). The lowest BCUT2D eigenvalue weighted by Gasteiger charge is -2.24. The summed E-state index contributed by atoms with van der Waals surface area (Å²) in [4.78, 5) is 0. The Morgan fingerprint density at radius 2 is 2.26 bits per heavy atom. The number of benzene rings is 1. The molecular weight excluding hydrogens is 238 g/mol. The highest BCUT2D eigenvalue weighted by molar-refractivity contribution is 5.37. The van der Waals surface area contributed by atoms with E-state index in [2.05, 4.69) is 16.5 Å². The quantitative estimate of drug-likeness (QED) is 0.869. The number of aryl methyl sites for hydroxylation is 2. The molecule has 100 valence electrons. The average molecular weight is 257 g/mol. The van der Waals surface area contributed by atoms with E-state index in [1.165, 1.54) is 5.56 Å². The Bertz CT molecular complexity index is 578. The first-order valence-electron chi connectivity index (χ1n) is 6.66. The highest BCUT2D eigenvalue weighted by Crippen LogP contribution is 2.36. The number of fused-ring (bicyclic) bond motifs is 1. The Morgan fingerprint density at radius 3 is 3.05 bits per heavy atom. The first kappa shape index (κ1) is 12.4. The zero-order valence-electron chi connectivity index (χ0n) is 11.1. The zero-order chi connectivity index (χ0) is 13.3. The summed E-state index contributed by atoms with van der Waals surface area (Å²) >= 11 is 0. The normalized spacial score (nSPS) is 21.6. The molecule has 1 aromatic heterocycles. The van der Waals surface area contributed by atoms with Crippen LogP contribution >= 0.6 is 0 Å². The Labute approximate surface area is 113 Å². The fraction of sp³-hybridized carbons (Fsp3) is 0.400. The molecule has 0 amide bonds. The Balaban J connectivity index is 1.64. The maximum atomic E-state index is 10.7. The number of nitrogens with one attached hydrogen (secondary N) is 1. The fourth-order valence-corrected chi connectivity index (χ4v) is 2.83. The van der Waals surface area contributed by atoms with Gasteiger partial charge in [-0.15, -0.1) is 0 Å². The van der Waals surface area contributed by atoms with Gasteiger partial charge in [0.2, 0.25) is 0 Å². The van der Waals surface area contributed by atoms with Crippen LogP contribution in [0.2, 0.25) is 0 Å². The molecule has 0 saturated heterocycles. The molecule has 0 bridgehead atoms. The molecule has 1 heterocycles. The Kier molecular flexibility index (Phi) is 3.12. The minimum atomic E-state index is -0.723. The first-order chi connectivity index (χ1) is 9.17. The molecule has 4 heteroatoms. The topological polar surface area (TPSA) is 50.1 Å². The molecule has 1 atom stereocenters. The third kappa shape index (κ3) is 2.41. The molecule has 0 aliphatic heterocycles. The number of aliphatic hydroxyl groups is 1. The summed E-state index contributed by atoms with van der Waals surface area (Å²) < 4.78 is 1.79. The van der Waals surface area contributed by atoms with E-state index in [-0.39, 0.29) is 0 Å². The zero-order valence-corrected chi connectivity index (χ0v) is 11.1. The highest BCUT2D eigenvalue weighted by Gasteiger charge is 2.35. The second kappa shape index (κ2) is 4.79. The molecule has 1 aliphatic carbocycles. The Hall–Kier alpha value is -1.65. The maximum absolute atomic E-state index is 10.7. The van der Waals surface area contributed by atoms with Gasteiger partial charge in [-0.2, -0.15) is 5.10 Å². The van der Waals surface area contributed by atoms with Crippen LogP contribution in [0, 0.1) is 0 Å². The number of hydrogen-bond acceptors (Lipinski definition) is 3. The van der Waals surface area contributed by atoms with Gasteiger partial charge in [0.25, 0.3) is 0 Å². The van der Waals surface area contributed by atoms with E-state index in [0.717, 1.165) is 30.5 Å². The summed E-state index contributed by atoms with van der Waals surface area (Å²) in [6, 6.07) is 8.17. The Morgan fingerprint density at radius 1 is 1.42 bits per heavy atom. The fourth-order valence-electron chi connectivity index (χ4n) is 2.83. The highest BCUT2D eigenvalue weighted by atomic mass is 16.3. The third-order valence-corrected chi connectivity index (χ3v) is 3.83. The van der Waals surface area contributed by atoms with Gasteiger partial charge in [0.15, 0.2) is 0 Å². The van der Waals surface area contributed by atoms with E-state index in [0.29, 0.717) is 6.54 Å². The standard InChI is InChI=1S/C15H19N3O/c1-18-10-12(9-17-18)8-16-11-15(19)7-6-13-4-2-3-5-14(13)15/h2-5,9-10,16,19H,6-8,11H2,1H3. The van der Waals surface area contributed by atoms with Crippen LogP contribution in [-0.4, -0.2) is 21.4 Å². The van der Waals surface area contributed by atoms with Crippen molar-refractivity contribution < 1.29 is 5.11 Å². The summed E-state index contributed by atoms with van der Waals surface area (Å²) in [7, 11) is 1.91. The summed E-state index contributed by atoms with van der Waals surface area (Å²) in [5.74, 6) is 0. The van der Waals surface area contributed by atoms with Crippen molar-refractivity contribution in [2.45, 2.75) is 25.0 Å². The van der Waals surface area contributed by atoms with E-state index in [1.54, 1.807) is 4.68 Å².